The molecular weight excluding hydrogens is 239 g/mol. The molecule has 1 aromatic rings. The number of halogens is 3. The van der Waals surface area contributed by atoms with Crippen molar-refractivity contribution in [3.8, 4) is 0 Å². The summed E-state index contributed by atoms with van der Waals surface area (Å²) >= 11 is 0. The third-order valence-corrected chi connectivity index (χ3v) is 4.05. The fraction of sp³-hybridized carbons (Fsp3) is 0.571. The Morgan fingerprint density at radius 2 is 1.94 bits per heavy atom. The Labute approximate surface area is 105 Å². The molecule has 0 radical (unpaired) electrons. The van der Waals surface area contributed by atoms with E-state index in [1.165, 1.54) is 12.1 Å². The van der Waals surface area contributed by atoms with Crippen molar-refractivity contribution in [3.05, 3.63) is 35.4 Å². The molecule has 0 saturated heterocycles. The normalized spacial score (nSPS) is 26.1. The molecule has 0 aliphatic heterocycles. The molecule has 2 rings (SSSR count). The second-order valence-electron chi connectivity index (χ2n) is 5.59. The number of nitrogens with one attached hydrogen (secondary N) is 1. The average Bonchev–Trinajstić information content (AvgIpc) is 2.80. The van der Waals surface area contributed by atoms with Crippen LogP contribution < -0.4 is 5.32 Å². The van der Waals surface area contributed by atoms with E-state index in [-0.39, 0.29) is 11.3 Å². The van der Waals surface area contributed by atoms with Crippen LogP contribution in [0.3, 0.4) is 0 Å². The van der Waals surface area contributed by atoms with Crippen LogP contribution in [0.15, 0.2) is 24.3 Å². The van der Waals surface area contributed by atoms with Gasteiger partial charge >= 0.3 is 6.18 Å². The first kappa shape index (κ1) is 13.4. The minimum Gasteiger partial charge on any atom is -0.319 e. The van der Waals surface area contributed by atoms with Crippen LogP contribution in [0.2, 0.25) is 0 Å². The first-order chi connectivity index (χ1) is 8.28. The van der Waals surface area contributed by atoms with Crippen LogP contribution in [0, 0.1) is 11.3 Å². The molecule has 2 unspecified atom stereocenters. The van der Waals surface area contributed by atoms with E-state index in [4.69, 9.17) is 0 Å². The molecule has 1 nitrogen and oxygen atoms in total. The fourth-order valence-corrected chi connectivity index (χ4v) is 2.92. The minimum absolute atomic E-state index is 0.0766. The van der Waals surface area contributed by atoms with Crippen molar-refractivity contribution < 1.29 is 13.2 Å². The highest BCUT2D eigenvalue weighted by atomic mass is 19.4. The molecule has 0 bridgehead atoms. The van der Waals surface area contributed by atoms with Crippen molar-refractivity contribution in [2.75, 3.05) is 13.6 Å². The second-order valence-corrected chi connectivity index (χ2v) is 5.59. The molecule has 0 amide bonds. The lowest BCUT2D eigenvalue weighted by molar-refractivity contribution is -0.137. The van der Waals surface area contributed by atoms with E-state index >= 15 is 0 Å². The first-order valence-electron chi connectivity index (χ1n) is 6.10. The van der Waals surface area contributed by atoms with E-state index in [0.29, 0.717) is 5.92 Å². The summed E-state index contributed by atoms with van der Waals surface area (Å²) in [4.78, 5) is 0. The van der Waals surface area contributed by atoms with Crippen molar-refractivity contribution in [1.29, 1.82) is 0 Å². The molecule has 18 heavy (non-hydrogen) atoms. The maximum atomic E-state index is 12.7. The number of hydrogen-bond acceptors (Lipinski definition) is 1. The summed E-state index contributed by atoms with van der Waals surface area (Å²) in [5, 5.41) is 3.11. The van der Waals surface area contributed by atoms with Gasteiger partial charge in [0, 0.05) is 0 Å². The van der Waals surface area contributed by atoms with Gasteiger partial charge in [0.05, 0.1) is 5.56 Å². The fourth-order valence-electron chi connectivity index (χ4n) is 2.92. The van der Waals surface area contributed by atoms with Crippen LogP contribution >= 0.6 is 0 Å². The Balaban J connectivity index is 2.26. The van der Waals surface area contributed by atoms with Gasteiger partial charge in [0.2, 0.25) is 0 Å². The summed E-state index contributed by atoms with van der Waals surface area (Å²) in [6.45, 7) is 5.06. The van der Waals surface area contributed by atoms with Crippen LogP contribution in [-0.2, 0) is 6.18 Å². The maximum absolute atomic E-state index is 12.7. The van der Waals surface area contributed by atoms with Gasteiger partial charge in [-0.15, -0.1) is 0 Å². The molecule has 1 aliphatic rings. The van der Waals surface area contributed by atoms with Gasteiger partial charge in [0.25, 0.3) is 0 Å². The molecule has 4 heteroatoms. The van der Waals surface area contributed by atoms with Crippen molar-refractivity contribution in [1.82, 2.24) is 5.32 Å². The van der Waals surface area contributed by atoms with Crippen molar-refractivity contribution in [2.24, 2.45) is 11.3 Å². The molecule has 1 N–H and O–H groups in total. The molecule has 2 atom stereocenters. The Morgan fingerprint density at radius 3 is 2.50 bits per heavy atom. The van der Waals surface area contributed by atoms with Crippen molar-refractivity contribution in [2.45, 2.75) is 25.9 Å². The summed E-state index contributed by atoms with van der Waals surface area (Å²) in [5.41, 5.74) is 0.328. The summed E-state index contributed by atoms with van der Waals surface area (Å²) in [6.07, 6.45) is -4.26. The van der Waals surface area contributed by atoms with Gasteiger partial charge in [-0.3, -0.25) is 0 Å². The lowest BCUT2D eigenvalue weighted by Gasteiger charge is -2.09. The predicted molar refractivity (Wildman–Crippen MR) is 65.4 cm³/mol. The Kier molecular flexibility index (Phi) is 3.18. The van der Waals surface area contributed by atoms with Gasteiger partial charge in [-0.25, -0.2) is 0 Å². The number of hydrogen-bond donors (Lipinski definition) is 1. The number of benzene rings is 1. The SMILES string of the molecule is CNCC1C(c2cccc(C(F)(F)F)c2)C1(C)C. The summed E-state index contributed by atoms with van der Waals surface area (Å²) in [6, 6.07) is 5.73. The highest BCUT2D eigenvalue weighted by Crippen LogP contribution is 2.64. The van der Waals surface area contributed by atoms with Crippen LogP contribution in [0.1, 0.15) is 30.9 Å². The smallest absolute Gasteiger partial charge is 0.319 e. The molecular formula is C14H18F3N. The number of rotatable bonds is 3. The average molecular weight is 257 g/mol. The minimum atomic E-state index is -4.26. The van der Waals surface area contributed by atoms with Crippen LogP contribution in [-0.4, -0.2) is 13.6 Å². The second kappa shape index (κ2) is 4.26. The van der Waals surface area contributed by atoms with Gasteiger partial charge in [-0.1, -0.05) is 32.0 Å². The third-order valence-electron chi connectivity index (χ3n) is 4.05. The topological polar surface area (TPSA) is 12.0 Å². The summed E-state index contributed by atoms with van der Waals surface area (Å²) in [5.74, 6) is 0.623. The van der Waals surface area contributed by atoms with E-state index < -0.39 is 11.7 Å². The van der Waals surface area contributed by atoms with Crippen LogP contribution in [0.25, 0.3) is 0 Å². The summed E-state index contributed by atoms with van der Waals surface area (Å²) in [7, 11) is 1.87. The van der Waals surface area contributed by atoms with E-state index in [2.05, 4.69) is 19.2 Å². The van der Waals surface area contributed by atoms with Gasteiger partial charge in [0.1, 0.15) is 0 Å². The van der Waals surface area contributed by atoms with Gasteiger partial charge < -0.3 is 5.32 Å². The van der Waals surface area contributed by atoms with Crippen molar-refractivity contribution in [3.63, 3.8) is 0 Å². The molecule has 1 aliphatic carbocycles. The molecule has 0 heterocycles. The molecule has 0 spiro atoms. The lowest BCUT2D eigenvalue weighted by Crippen LogP contribution is -2.12. The van der Waals surface area contributed by atoms with E-state index in [1.807, 2.05) is 7.05 Å². The quantitative estimate of drug-likeness (QED) is 0.871. The highest BCUT2D eigenvalue weighted by molar-refractivity contribution is 5.35. The van der Waals surface area contributed by atoms with E-state index in [9.17, 15) is 13.2 Å². The van der Waals surface area contributed by atoms with E-state index in [1.54, 1.807) is 6.07 Å². The Hall–Kier alpha value is -1.03. The highest BCUT2D eigenvalue weighted by Gasteiger charge is 2.57. The number of alkyl halides is 3. The summed E-state index contributed by atoms with van der Waals surface area (Å²) < 4.78 is 38.0. The van der Waals surface area contributed by atoms with Crippen LogP contribution in [0.5, 0.6) is 0 Å². The zero-order valence-corrected chi connectivity index (χ0v) is 10.8. The maximum Gasteiger partial charge on any atom is 0.416 e. The molecule has 1 saturated carbocycles. The lowest BCUT2D eigenvalue weighted by atomic mass is 10.0. The Morgan fingerprint density at radius 1 is 1.28 bits per heavy atom. The Bertz CT molecular complexity index is 437. The molecule has 100 valence electrons. The molecule has 0 aromatic heterocycles. The monoisotopic (exact) mass is 257 g/mol. The predicted octanol–water partition coefficient (Wildman–Crippen LogP) is 3.66. The standard InChI is InChI=1S/C14H18F3N/c1-13(2)11(8-18-3)12(13)9-5-4-6-10(7-9)14(15,16)17/h4-7,11-12,18H,8H2,1-3H3. The first-order valence-corrected chi connectivity index (χ1v) is 6.10. The third kappa shape index (κ3) is 2.26. The van der Waals surface area contributed by atoms with Crippen LogP contribution in [0.4, 0.5) is 13.2 Å². The largest absolute Gasteiger partial charge is 0.416 e. The van der Waals surface area contributed by atoms with E-state index in [0.717, 1.165) is 18.2 Å². The molecule has 1 aromatic carbocycles. The molecule has 1 fully saturated rings. The van der Waals surface area contributed by atoms with Gasteiger partial charge in [-0.05, 0) is 42.5 Å². The zero-order chi connectivity index (χ0) is 13.6. The van der Waals surface area contributed by atoms with Crippen molar-refractivity contribution >= 4 is 0 Å². The van der Waals surface area contributed by atoms with Gasteiger partial charge in [0.15, 0.2) is 0 Å². The van der Waals surface area contributed by atoms with Gasteiger partial charge in [-0.2, -0.15) is 13.2 Å². The zero-order valence-electron chi connectivity index (χ0n) is 10.8.